The number of anilines is 2. The molecule has 4 rings (SSSR count). The summed E-state index contributed by atoms with van der Waals surface area (Å²) in [6, 6.07) is 20.5. The summed E-state index contributed by atoms with van der Waals surface area (Å²) in [4.78, 5) is 12.8. The zero-order valence-electron chi connectivity index (χ0n) is 16.5. The quantitative estimate of drug-likeness (QED) is 0.470. The molecule has 1 heterocycles. The van der Waals surface area contributed by atoms with Crippen LogP contribution in [0.1, 0.15) is 21.7 Å². The van der Waals surface area contributed by atoms with Crippen molar-refractivity contribution < 1.29 is 17.6 Å². The Bertz CT molecular complexity index is 1320. The molecule has 1 aromatic heterocycles. The molecule has 0 unspecified atom stereocenters. The molecule has 3 aromatic carbocycles. The minimum Gasteiger partial charge on any atom is -0.451 e. The van der Waals surface area contributed by atoms with Gasteiger partial charge in [0, 0.05) is 22.3 Å². The number of nitrogens with one attached hydrogen (secondary N) is 2. The normalized spacial score (nSPS) is 11.4. The third-order valence-corrected chi connectivity index (χ3v) is 6.17. The average Bonchev–Trinajstić information content (AvgIpc) is 3.07. The molecule has 0 bridgehead atoms. The highest BCUT2D eigenvalue weighted by Crippen LogP contribution is 2.26. The minimum absolute atomic E-state index is 0.186. The molecule has 0 aliphatic heterocycles. The molecule has 0 fully saturated rings. The maximum atomic E-state index is 12.6. The Balaban J connectivity index is 1.48. The molecule has 152 valence electrons. The Morgan fingerprint density at radius 1 is 0.833 bits per heavy atom. The molecule has 7 heteroatoms. The molecule has 0 radical (unpaired) electrons. The van der Waals surface area contributed by atoms with Gasteiger partial charge in [-0.2, -0.15) is 0 Å². The van der Waals surface area contributed by atoms with Gasteiger partial charge in [0.15, 0.2) is 5.76 Å². The average molecular weight is 420 g/mol. The van der Waals surface area contributed by atoms with Crippen molar-refractivity contribution >= 4 is 38.3 Å². The van der Waals surface area contributed by atoms with Crippen LogP contribution >= 0.6 is 0 Å². The van der Waals surface area contributed by atoms with Crippen molar-refractivity contribution in [3.63, 3.8) is 0 Å². The van der Waals surface area contributed by atoms with Crippen LogP contribution in [0, 0.1) is 13.8 Å². The summed E-state index contributed by atoms with van der Waals surface area (Å²) in [6.07, 6.45) is 0. The molecule has 1 amide bonds. The lowest BCUT2D eigenvalue weighted by atomic mass is 10.1. The van der Waals surface area contributed by atoms with Crippen LogP contribution in [-0.2, 0) is 10.0 Å². The molecule has 0 spiro atoms. The number of carbonyl (C=O) groups excluding carboxylic acids is 1. The third-order valence-electron chi connectivity index (χ3n) is 4.78. The molecule has 0 atom stereocenters. The number of sulfonamides is 1. The number of fused-ring (bicyclic) bond motifs is 1. The second-order valence-electron chi connectivity index (χ2n) is 7.00. The Morgan fingerprint density at radius 2 is 1.47 bits per heavy atom. The smallest absolute Gasteiger partial charge is 0.291 e. The first-order chi connectivity index (χ1) is 14.3. The zero-order valence-corrected chi connectivity index (χ0v) is 17.3. The topological polar surface area (TPSA) is 88.4 Å². The van der Waals surface area contributed by atoms with Crippen LogP contribution < -0.4 is 10.0 Å². The van der Waals surface area contributed by atoms with Gasteiger partial charge in [-0.3, -0.25) is 9.52 Å². The minimum atomic E-state index is -3.68. The van der Waals surface area contributed by atoms with Crippen LogP contribution in [0.5, 0.6) is 0 Å². The summed E-state index contributed by atoms with van der Waals surface area (Å²) in [5, 5.41) is 3.67. The van der Waals surface area contributed by atoms with E-state index < -0.39 is 10.0 Å². The van der Waals surface area contributed by atoms with E-state index >= 15 is 0 Å². The van der Waals surface area contributed by atoms with Crippen molar-refractivity contribution in [2.75, 3.05) is 10.0 Å². The second-order valence-corrected chi connectivity index (χ2v) is 8.68. The molecule has 2 N–H and O–H groups in total. The standard InChI is InChI=1S/C23H20N2O4S/c1-15-7-13-19(14-8-15)30(27,28)25-18-11-9-17(10-12-18)24-23(26)22-16(2)20-5-3-4-6-21(20)29-22/h3-14,25H,1-2H3,(H,24,26). The number of hydrogen-bond donors (Lipinski definition) is 2. The van der Waals surface area contributed by atoms with Crippen LogP contribution in [0.4, 0.5) is 11.4 Å². The van der Waals surface area contributed by atoms with Gasteiger partial charge < -0.3 is 9.73 Å². The van der Waals surface area contributed by atoms with Gasteiger partial charge in [-0.05, 0) is 56.3 Å². The van der Waals surface area contributed by atoms with Crippen LogP contribution in [0.15, 0.2) is 82.1 Å². The first-order valence-corrected chi connectivity index (χ1v) is 10.8. The molecular formula is C23H20N2O4S. The van der Waals surface area contributed by atoms with Gasteiger partial charge in [0.05, 0.1) is 4.90 Å². The molecule has 0 saturated heterocycles. The van der Waals surface area contributed by atoms with E-state index in [1.54, 1.807) is 48.5 Å². The number of furan rings is 1. The van der Waals surface area contributed by atoms with Crippen molar-refractivity contribution in [1.82, 2.24) is 0 Å². The Morgan fingerprint density at radius 3 is 2.13 bits per heavy atom. The Kier molecular flexibility index (Phi) is 5.05. The third kappa shape index (κ3) is 3.92. The van der Waals surface area contributed by atoms with E-state index in [1.165, 1.54) is 0 Å². The number of benzene rings is 3. The molecule has 6 nitrogen and oxygen atoms in total. The lowest BCUT2D eigenvalue weighted by Crippen LogP contribution is -2.14. The van der Waals surface area contributed by atoms with E-state index in [-0.39, 0.29) is 16.6 Å². The summed E-state index contributed by atoms with van der Waals surface area (Å²) < 4.78 is 33.2. The summed E-state index contributed by atoms with van der Waals surface area (Å²) in [5.74, 6) is -0.114. The molecule has 4 aromatic rings. The maximum Gasteiger partial charge on any atom is 0.291 e. The highest BCUT2D eigenvalue weighted by molar-refractivity contribution is 7.92. The van der Waals surface area contributed by atoms with Crippen LogP contribution in [-0.4, -0.2) is 14.3 Å². The molecule has 0 aliphatic carbocycles. The van der Waals surface area contributed by atoms with Crippen LogP contribution in [0.3, 0.4) is 0 Å². The van der Waals surface area contributed by atoms with Crippen LogP contribution in [0.25, 0.3) is 11.0 Å². The van der Waals surface area contributed by atoms with Gasteiger partial charge in [0.25, 0.3) is 15.9 Å². The molecule has 30 heavy (non-hydrogen) atoms. The van der Waals surface area contributed by atoms with E-state index in [9.17, 15) is 13.2 Å². The number of para-hydroxylation sites is 1. The van der Waals surface area contributed by atoms with Crippen LogP contribution in [0.2, 0.25) is 0 Å². The van der Waals surface area contributed by atoms with Gasteiger partial charge >= 0.3 is 0 Å². The summed E-state index contributed by atoms with van der Waals surface area (Å²) in [6.45, 7) is 3.73. The number of rotatable bonds is 5. The van der Waals surface area contributed by atoms with E-state index in [0.717, 1.165) is 16.5 Å². The molecule has 0 aliphatic rings. The zero-order chi connectivity index (χ0) is 21.3. The van der Waals surface area contributed by atoms with Gasteiger partial charge in [0.1, 0.15) is 5.58 Å². The van der Waals surface area contributed by atoms with Gasteiger partial charge in [-0.25, -0.2) is 8.42 Å². The first-order valence-electron chi connectivity index (χ1n) is 9.32. The van der Waals surface area contributed by atoms with E-state index in [0.29, 0.717) is 17.0 Å². The summed E-state index contributed by atoms with van der Waals surface area (Å²) >= 11 is 0. The number of carbonyl (C=O) groups is 1. The fraction of sp³-hybridized carbons (Fsp3) is 0.0870. The second kappa shape index (κ2) is 7.68. The number of amides is 1. The van der Waals surface area contributed by atoms with Gasteiger partial charge in [-0.1, -0.05) is 35.9 Å². The maximum absolute atomic E-state index is 12.6. The summed E-state index contributed by atoms with van der Waals surface area (Å²) in [7, 11) is -3.68. The Hall–Kier alpha value is -3.58. The highest BCUT2D eigenvalue weighted by atomic mass is 32.2. The first kappa shape index (κ1) is 19.7. The predicted octanol–water partition coefficient (Wildman–Crippen LogP) is 5.10. The monoisotopic (exact) mass is 420 g/mol. The van der Waals surface area contributed by atoms with Crippen molar-refractivity contribution in [1.29, 1.82) is 0 Å². The largest absolute Gasteiger partial charge is 0.451 e. The fourth-order valence-corrected chi connectivity index (χ4v) is 4.19. The highest BCUT2D eigenvalue weighted by Gasteiger charge is 2.18. The van der Waals surface area contributed by atoms with Gasteiger partial charge in [-0.15, -0.1) is 0 Å². The predicted molar refractivity (Wildman–Crippen MR) is 117 cm³/mol. The van der Waals surface area contributed by atoms with E-state index in [4.69, 9.17) is 4.42 Å². The lowest BCUT2D eigenvalue weighted by molar-refractivity contribution is 0.0998. The van der Waals surface area contributed by atoms with E-state index in [2.05, 4.69) is 10.0 Å². The summed E-state index contributed by atoms with van der Waals surface area (Å²) in [5.41, 5.74) is 3.33. The lowest BCUT2D eigenvalue weighted by Gasteiger charge is -2.09. The fourth-order valence-electron chi connectivity index (χ4n) is 3.13. The number of aryl methyl sites for hydroxylation is 2. The SMILES string of the molecule is Cc1ccc(S(=O)(=O)Nc2ccc(NC(=O)c3oc4ccccc4c3C)cc2)cc1. The van der Waals surface area contributed by atoms with Crippen molar-refractivity contribution in [3.05, 3.63) is 89.7 Å². The van der Waals surface area contributed by atoms with Crippen molar-refractivity contribution in [3.8, 4) is 0 Å². The molecular weight excluding hydrogens is 400 g/mol. The Labute approximate surface area is 174 Å². The van der Waals surface area contributed by atoms with Crippen molar-refractivity contribution in [2.24, 2.45) is 0 Å². The van der Waals surface area contributed by atoms with E-state index in [1.807, 2.05) is 38.1 Å². The number of hydrogen-bond acceptors (Lipinski definition) is 4. The molecule has 0 saturated carbocycles. The van der Waals surface area contributed by atoms with Crippen molar-refractivity contribution in [2.45, 2.75) is 18.7 Å². The van der Waals surface area contributed by atoms with Gasteiger partial charge in [0.2, 0.25) is 0 Å².